The minimum Gasteiger partial charge on any atom is -0.495 e. The maximum atomic E-state index is 12.5. The lowest BCUT2D eigenvalue weighted by Gasteiger charge is -2.09. The van der Waals surface area contributed by atoms with Gasteiger partial charge in [0.25, 0.3) is 11.8 Å². The van der Waals surface area contributed by atoms with Gasteiger partial charge >= 0.3 is 0 Å². The van der Waals surface area contributed by atoms with E-state index < -0.39 is 0 Å². The Kier molecular flexibility index (Phi) is 6.69. The predicted molar refractivity (Wildman–Crippen MR) is 118 cm³/mol. The summed E-state index contributed by atoms with van der Waals surface area (Å²) in [6, 6.07) is 15.5. The molecule has 0 radical (unpaired) electrons. The summed E-state index contributed by atoms with van der Waals surface area (Å²) in [5, 5.41) is 6.07. The van der Waals surface area contributed by atoms with E-state index in [1.807, 2.05) is 26.0 Å². The van der Waals surface area contributed by atoms with E-state index in [0.29, 0.717) is 27.7 Å². The predicted octanol–water partition coefficient (Wildman–Crippen LogP) is 4.80. The molecule has 2 N–H and O–H groups in total. The molecule has 2 amide bonds. The van der Waals surface area contributed by atoms with Crippen LogP contribution in [0.15, 0.2) is 60.8 Å². The Morgan fingerprint density at radius 2 is 1.57 bits per heavy atom. The molecule has 0 atom stereocenters. The molecule has 30 heavy (non-hydrogen) atoms. The third kappa shape index (κ3) is 5.15. The fourth-order valence-corrected chi connectivity index (χ4v) is 3.05. The van der Waals surface area contributed by atoms with Gasteiger partial charge in [0, 0.05) is 28.9 Å². The summed E-state index contributed by atoms with van der Waals surface area (Å²) < 4.78 is 5.16. The van der Waals surface area contributed by atoms with E-state index in [4.69, 9.17) is 16.3 Å². The standard InChI is InChI=1S/C23H22ClN3O3/c1-14(2)26-22(28)15-4-6-16(7-5-15)23(29)27-21-11-9-18(13-25-21)17-8-10-20(30-3)19(24)12-17/h4-14H,1-3H3,(H,26,28)(H,25,27,29). The van der Waals surface area contributed by atoms with Crippen molar-refractivity contribution < 1.29 is 14.3 Å². The second-order valence-electron chi connectivity index (χ2n) is 6.94. The second kappa shape index (κ2) is 9.41. The minimum absolute atomic E-state index is 0.0449. The number of carbonyl (C=O) groups is 2. The van der Waals surface area contributed by atoms with Crippen LogP contribution in [0.2, 0.25) is 5.02 Å². The maximum absolute atomic E-state index is 12.5. The fourth-order valence-electron chi connectivity index (χ4n) is 2.79. The average Bonchev–Trinajstić information content (AvgIpc) is 2.74. The van der Waals surface area contributed by atoms with Crippen molar-refractivity contribution in [3.8, 4) is 16.9 Å². The summed E-state index contributed by atoms with van der Waals surface area (Å²) in [7, 11) is 1.56. The second-order valence-corrected chi connectivity index (χ2v) is 7.35. The molecule has 0 fully saturated rings. The van der Waals surface area contributed by atoms with Crippen LogP contribution in [0.5, 0.6) is 5.75 Å². The lowest BCUT2D eigenvalue weighted by molar-refractivity contribution is 0.0941. The van der Waals surface area contributed by atoms with Crippen LogP contribution in [-0.2, 0) is 0 Å². The zero-order valence-corrected chi connectivity index (χ0v) is 17.7. The summed E-state index contributed by atoms with van der Waals surface area (Å²) >= 11 is 6.18. The van der Waals surface area contributed by atoms with Crippen molar-refractivity contribution in [1.82, 2.24) is 10.3 Å². The SMILES string of the molecule is COc1ccc(-c2ccc(NC(=O)c3ccc(C(=O)NC(C)C)cc3)nc2)cc1Cl. The third-order valence-corrected chi connectivity index (χ3v) is 4.61. The van der Waals surface area contributed by atoms with Crippen molar-refractivity contribution in [2.75, 3.05) is 12.4 Å². The van der Waals surface area contributed by atoms with Crippen LogP contribution >= 0.6 is 11.6 Å². The van der Waals surface area contributed by atoms with Crippen molar-refractivity contribution in [3.05, 3.63) is 76.9 Å². The van der Waals surface area contributed by atoms with Gasteiger partial charge in [0.05, 0.1) is 12.1 Å². The smallest absolute Gasteiger partial charge is 0.256 e. The molecule has 0 bridgehead atoms. The van der Waals surface area contributed by atoms with Gasteiger partial charge in [-0.2, -0.15) is 0 Å². The highest BCUT2D eigenvalue weighted by atomic mass is 35.5. The molecule has 3 aromatic rings. The van der Waals surface area contributed by atoms with E-state index in [9.17, 15) is 9.59 Å². The maximum Gasteiger partial charge on any atom is 0.256 e. The van der Waals surface area contributed by atoms with Crippen LogP contribution < -0.4 is 15.4 Å². The summed E-state index contributed by atoms with van der Waals surface area (Å²) in [5.74, 6) is 0.543. The Hall–Kier alpha value is -3.38. The van der Waals surface area contributed by atoms with Crippen LogP contribution in [0.3, 0.4) is 0 Å². The number of nitrogens with zero attached hydrogens (tertiary/aromatic N) is 1. The number of rotatable bonds is 6. The highest BCUT2D eigenvalue weighted by Crippen LogP contribution is 2.30. The van der Waals surface area contributed by atoms with Gasteiger partial charge in [-0.3, -0.25) is 9.59 Å². The quantitative estimate of drug-likeness (QED) is 0.596. The van der Waals surface area contributed by atoms with E-state index >= 15 is 0 Å². The number of nitrogens with one attached hydrogen (secondary N) is 2. The molecule has 0 saturated carbocycles. The zero-order chi connectivity index (χ0) is 21.7. The molecule has 1 aromatic heterocycles. The van der Waals surface area contributed by atoms with Gasteiger partial charge in [0.1, 0.15) is 11.6 Å². The lowest BCUT2D eigenvalue weighted by Crippen LogP contribution is -2.30. The number of aromatic nitrogens is 1. The highest BCUT2D eigenvalue weighted by molar-refractivity contribution is 6.32. The molecule has 3 rings (SSSR count). The number of pyridine rings is 1. The molecule has 154 valence electrons. The fraction of sp³-hybridized carbons (Fsp3) is 0.174. The lowest BCUT2D eigenvalue weighted by atomic mass is 10.1. The first-order valence-corrected chi connectivity index (χ1v) is 9.77. The number of benzene rings is 2. The van der Waals surface area contributed by atoms with Crippen molar-refractivity contribution in [2.24, 2.45) is 0 Å². The van der Waals surface area contributed by atoms with E-state index in [1.54, 1.807) is 55.8 Å². The number of methoxy groups -OCH3 is 1. The van der Waals surface area contributed by atoms with Crippen molar-refractivity contribution in [3.63, 3.8) is 0 Å². The Morgan fingerprint density at radius 1 is 0.933 bits per heavy atom. The summed E-state index contributed by atoms with van der Waals surface area (Å²) in [4.78, 5) is 28.8. The number of hydrogen-bond acceptors (Lipinski definition) is 4. The zero-order valence-electron chi connectivity index (χ0n) is 16.9. The van der Waals surface area contributed by atoms with Gasteiger partial charge in [0.15, 0.2) is 0 Å². The van der Waals surface area contributed by atoms with Gasteiger partial charge in [-0.25, -0.2) is 4.98 Å². The summed E-state index contributed by atoms with van der Waals surface area (Å²) in [6.07, 6.45) is 1.66. The normalized spacial score (nSPS) is 10.6. The van der Waals surface area contributed by atoms with Gasteiger partial charge in [-0.05, 0) is 67.9 Å². The van der Waals surface area contributed by atoms with E-state index in [2.05, 4.69) is 15.6 Å². The number of halogens is 1. The van der Waals surface area contributed by atoms with E-state index in [0.717, 1.165) is 11.1 Å². The molecule has 0 aliphatic carbocycles. The van der Waals surface area contributed by atoms with Crippen molar-refractivity contribution >= 4 is 29.2 Å². The van der Waals surface area contributed by atoms with Gasteiger partial charge in [0.2, 0.25) is 0 Å². The van der Waals surface area contributed by atoms with Gasteiger partial charge in [-0.1, -0.05) is 17.7 Å². The number of hydrogen-bond donors (Lipinski definition) is 2. The first kappa shape index (κ1) is 21.3. The largest absolute Gasteiger partial charge is 0.495 e. The van der Waals surface area contributed by atoms with E-state index in [-0.39, 0.29) is 17.9 Å². The Labute approximate surface area is 180 Å². The van der Waals surface area contributed by atoms with Gasteiger partial charge < -0.3 is 15.4 Å². The third-order valence-electron chi connectivity index (χ3n) is 4.32. The van der Waals surface area contributed by atoms with Crippen molar-refractivity contribution in [2.45, 2.75) is 19.9 Å². The number of amides is 2. The highest BCUT2D eigenvalue weighted by Gasteiger charge is 2.11. The Balaban J connectivity index is 1.67. The monoisotopic (exact) mass is 423 g/mol. The molecule has 0 spiro atoms. The van der Waals surface area contributed by atoms with Crippen molar-refractivity contribution in [1.29, 1.82) is 0 Å². The first-order valence-electron chi connectivity index (χ1n) is 9.39. The molecule has 6 nitrogen and oxygen atoms in total. The number of ether oxygens (including phenoxy) is 1. The minimum atomic E-state index is -0.307. The van der Waals surface area contributed by atoms with Crippen LogP contribution in [0, 0.1) is 0 Å². The van der Waals surface area contributed by atoms with E-state index in [1.165, 1.54) is 0 Å². The molecule has 2 aromatic carbocycles. The summed E-state index contributed by atoms with van der Waals surface area (Å²) in [6.45, 7) is 3.78. The van der Waals surface area contributed by atoms with Crippen LogP contribution in [0.4, 0.5) is 5.82 Å². The molecule has 0 saturated heterocycles. The van der Waals surface area contributed by atoms with Gasteiger partial charge in [-0.15, -0.1) is 0 Å². The molecular weight excluding hydrogens is 402 g/mol. The number of anilines is 1. The molecular formula is C23H22ClN3O3. The topological polar surface area (TPSA) is 80.3 Å². The average molecular weight is 424 g/mol. The van der Waals surface area contributed by atoms with Crippen LogP contribution in [0.25, 0.3) is 11.1 Å². The molecule has 0 unspecified atom stereocenters. The first-order chi connectivity index (χ1) is 14.4. The molecule has 7 heteroatoms. The molecule has 0 aliphatic heterocycles. The van der Waals surface area contributed by atoms with Crippen LogP contribution in [-0.4, -0.2) is 29.9 Å². The Morgan fingerprint density at radius 3 is 2.10 bits per heavy atom. The van der Waals surface area contributed by atoms with Crippen LogP contribution in [0.1, 0.15) is 34.6 Å². The number of carbonyl (C=O) groups excluding carboxylic acids is 2. The summed E-state index contributed by atoms with van der Waals surface area (Å²) in [5.41, 5.74) is 2.68. The molecule has 0 aliphatic rings. The Bertz CT molecular complexity index is 1050. The molecule has 1 heterocycles.